The first-order valence-electron chi connectivity index (χ1n) is 8.80. The predicted molar refractivity (Wildman–Crippen MR) is 81.4 cm³/mol. The molecule has 1 aliphatic heterocycles. The molecule has 0 radical (unpaired) electrons. The van der Waals surface area contributed by atoms with Crippen molar-refractivity contribution in [2.75, 3.05) is 13.1 Å². The summed E-state index contributed by atoms with van der Waals surface area (Å²) < 4.78 is 0. The van der Waals surface area contributed by atoms with Gasteiger partial charge in [0.2, 0.25) is 0 Å². The second-order valence-electron chi connectivity index (χ2n) is 6.64. The molecule has 2 nitrogen and oxygen atoms in total. The molecule has 19 heavy (non-hydrogen) atoms. The molecule has 2 aliphatic rings. The van der Waals surface area contributed by atoms with Gasteiger partial charge in [-0.3, -0.25) is 4.90 Å². The third-order valence-corrected chi connectivity index (χ3v) is 5.05. The lowest BCUT2D eigenvalue weighted by molar-refractivity contribution is 0.0257. The van der Waals surface area contributed by atoms with Crippen molar-refractivity contribution < 1.29 is 5.11 Å². The van der Waals surface area contributed by atoms with Crippen LogP contribution in [0.1, 0.15) is 83.5 Å². The quantitative estimate of drug-likeness (QED) is 0.772. The molecule has 1 saturated carbocycles. The Hall–Kier alpha value is -0.0800. The molecule has 1 saturated heterocycles. The van der Waals surface area contributed by atoms with Crippen molar-refractivity contribution in [1.29, 1.82) is 0 Å². The zero-order valence-electron chi connectivity index (χ0n) is 12.7. The van der Waals surface area contributed by atoms with Crippen molar-refractivity contribution in [2.45, 2.75) is 95.6 Å². The van der Waals surface area contributed by atoms with E-state index in [2.05, 4.69) is 4.90 Å². The van der Waals surface area contributed by atoms with E-state index in [0.717, 1.165) is 6.42 Å². The van der Waals surface area contributed by atoms with Crippen LogP contribution in [0.2, 0.25) is 0 Å². The summed E-state index contributed by atoms with van der Waals surface area (Å²) in [5, 5.41) is 10.6. The lowest BCUT2D eigenvalue weighted by Crippen LogP contribution is -2.46. The molecule has 0 bridgehead atoms. The summed E-state index contributed by atoms with van der Waals surface area (Å²) in [5.74, 6) is 0. The van der Waals surface area contributed by atoms with Crippen molar-refractivity contribution in [2.24, 2.45) is 0 Å². The topological polar surface area (TPSA) is 23.5 Å². The minimum atomic E-state index is -0.0717. The van der Waals surface area contributed by atoms with Gasteiger partial charge in [-0.25, -0.2) is 0 Å². The molecule has 1 aliphatic carbocycles. The highest BCUT2D eigenvalue weighted by atomic mass is 16.3. The number of piperidine rings is 1. The number of hydrogen-bond acceptors (Lipinski definition) is 2. The van der Waals surface area contributed by atoms with E-state index in [1.807, 2.05) is 0 Å². The molecule has 2 fully saturated rings. The predicted octanol–water partition coefficient (Wildman–Crippen LogP) is 4.12. The van der Waals surface area contributed by atoms with Crippen LogP contribution in [0.4, 0.5) is 0 Å². The number of hydrogen-bond donors (Lipinski definition) is 1. The Balaban J connectivity index is 1.86. The van der Waals surface area contributed by atoms with Crippen LogP contribution in [0.25, 0.3) is 0 Å². The SMILES string of the molecule is OC1CCCCCCCCCCC1N1CCCCC1. The van der Waals surface area contributed by atoms with Crippen LogP contribution in [0.15, 0.2) is 0 Å². The Labute approximate surface area is 119 Å². The van der Waals surface area contributed by atoms with Crippen molar-refractivity contribution in [3.8, 4) is 0 Å². The van der Waals surface area contributed by atoms with Gasteiger partial charge in [0.1, 0.15) is 0 Å². The minimum absolute atomic E-state index is 0.0717. The minimum Gasteiger partial charge on any atom is -0.391 e. The zero-order valence-corrected chi connectivity index (χ0v) is 12.7. The highest BCUT2D eigenvalue weighted by molar-refractivity contribution is 4.81. The first-order valence-corrected chi connectivity index (χ1v) is 8.80. The van der Waals surface area contributed by atoms with Gasteiger partial charge in [0.05, 0.1) is 6.10 Å². The summed E-state index contributed by atoms with van der Waals surface area (Å²) in [6.45, 7) is 2.45. The summed E-state index contributed by atoms with van der Waals surface area (Å²) in [6, 6.07) is 0.458. The van der Waals surface area contributed by atoms with Gasteiger partial charge in [0.25, 0.3) is 0 Å². The normalized spacial score (nSPS) is 33.3. The fourth-order valence-electron chi connectivity index (χ4n) is 3.83. The smallest absolute Gasteiger partial charge is 0.0695 e. The summed E-state index contributed by atoms with van der Waals surface area (Å²) >= 11 is 0. The molecular weight excluding hydrogens is 234 g/mol. The summed E-state index contributed by atoms with van der Waals surface area (Å²) in [7, 11) is 0. The molecule has 2 heteroatoms. The van der Waals surface area contributed by atoms with Crippen LogP contribution >= 0.6 is 0 Å². The molecule has 1 heterocycles. The largest absolute Gasteiger partial charge is 0.391 e. The molecule has 0 aromatic heterocycles. The third kappa shape index (κ3) is 5.43. The van der Waals surface area contributed by atoms with Gasteiger partial charge in [-0.2, -0.15) is 0 Å². The molecule has 1 N–H and O–H groups in total. The van der Waals surface area contributed by atoms with E-state index in [1.165, 1.54) is 90.1 Å². The fourth-order valence-corrected chi connectivity index (χ4v) is 3.83. The van der Waals surface area contributed by atoms with Crippen LogP contribution in [0.3, 0.4) is 0 Å². The first kappa shape index (κ1) is 15.3. The van der Waals surface area contributed by atoms with E-state index in [9.17, 15) is 5.11 Å². The second-order valence-corrected chi connectivity index (χ2v) is 6.64. The zero-order chi connectivity index (χ0) is 13.3. The van der Waals surface area contributed by atoms with E-state index in [-0.39, 0.29) is 6.10 Å². The fraction of sp³-hybridized carbons (Fsp3) is 1.00. The Bertz CT molecular complexity index is 225. The molecule has 2 atom stereocenters. The number of nitrogens with zero attached hydrogens (tertiary/aromatic N) is 1. The van der Waals surface area contributed by atoms with Crippen molar-refractivity contribution >= 4 is 0 Å². The lowest BCUT2D eigenvalue weighted by atomic mass is 9.93. The number of likely N-dealkylation sites (tertiary alicyclic amines) is 1. The molecule has 2 rings (SSSR count). The van der Waals surface area contributed by atoms with Gasteiger partial charge in [-0.15, -0.1) is 0 Å². The van der Waals surface area contributed by atoms with Crippen molar-refractivity contribution in [1.82, 2.24) is 4.90 Å². The van der Waals surface area contributed by atoms with Gasteiger partial charge in [-0.1, -0.05) is 57.8 Å². The van der Waals surface area contributed by atoms with E-state index in [0.29, 0.717) is 6.04 Å². The van der Waals surface area contributed by atoms with Crippen LogP contribution in [-0.2, 0) is 0 Å². The Morgan fingerprint density at radius 1 is 0.579 bits per heavy atom. The molecule has 0 aromatic carbocycles. The maximum Gasteiger partial charge on any atom is 0.0695 e. The number of aliphatic hydroxyl groups excluding tert-OH is 1. The summed E-state index contributed by atoms with van der Waals surface area (Å²) in [5.41, 5.74) is 0. The molecule has 2 unspecified atom stereocenters. The van der Waals surface area contributed by atoms with Crippen molar-refractivity contribution in [3.63, 3.8) is 0 Å². The highest BCUT2D eigenvalue weighted by Crippen LogP contribution is 2.23. The molecule has 112 valence electrons. The van der Waals surface area contributed by atoms with Crippen LogP contribution < -0.4 is 0 Å². The average Bonchev–Trinajstić information content (AvgIpc) is 2.44. The van der Waals surface area contributed by atoms with E-state index in [4.69, 9.17) is 0 Å². The number of rotatable bonds is 1. The standard InChI is InChI=1S/C17H33NO/c19-17-13-9-6-4-2-1-3-5-8-12-16(17)18-14-10-7-11-15-18/h16-17,19H,1-15H2. The van der Waals surface area contributed by atoms with Crippen molar-refractivity contribution in [3.05, 3.63) is 0 Å². The van der Waals surface area contributed by atoms with E-state index < -0.39 is 0 Å². The third-order valence-electron chi connectivity index (χ3n) is 5.05. The lowest BCUT2D eigenvalue weighted by Gasteiger charge is -2.37. The molecular formula is C17H33NO. The first-order chi connectivity index (χ1) is 9.38. The highest BCUT2D eigenvalue weighted by Gasteiger charge is 2.26. The van der Waals surface area contributed by atoms with Crippen LogP contribution in [0, 0.1) is 0 Å². The van der Waals surface area contributed by atoms with Gasteiger partial charge >= 0.3 is 0 Å². The monoisotopic (exact) mass is 267 g/mol. The Kier molecular flexibility index (Phi) is 7.23. The van der Waals surface area contributed by atoms with Crippen LogP contribution in [-0.4, -0.2) is 35.2 Å². The van der Waals surface area contributed by atoms with Gasteiger partial charge in [0, 0.05) is 6.04 Å². The Morgan fingerprint density at radius 3 is 1.68 bits per heavy atom. The maximum absolute atomic E-state index is 10.6. The second kappa shape index (κ2) is 8.97. The maximum atomic E-state index is 10.6. The van der Waals surface area contributed by atoms with Crippen LogP contribution in [0.5, 0.6) is 0 Å². The van der Waals surface area contributed by atoms with E-state index in [1.54, 1.807) is 0 Å². The van der Waals surface area contributed by atoms with Gasteiger partial charge < -0.3 is 5.11 Å². The Morgan fingerprint density at radius 2 is 1.05 bits per heavy atom. The number of aliphatic hydroxyl groups is 1. The molecule has 0 aromatic rings. The molecule has 0 spiro atoms. The average molecular weight is 267 g/mol. The summed E-state index contributed by atoms with van der Waals surface area (Å²) in [4.78, 5) is 2.60. The summed E-state index contributed by atoms with van der Waals surface area (Å²) in [6.07, 6.45) is 17.1. The molecule has 0 amide bonds. The van der Waals surface area contributed by atoms with Gasteiger partial charge in [0.15, 0.2) is 0 Å². The van der Waals surface area contributed by atoms with E-state index >= 15 is 0 Å². The van der Waals surface area contributed by atoms with Gasteiger partial charge in [-0.05, 0) is 38.8 Å².